The van der Waals surface area contributed by atoms with Crippen LogP contribution in [0.1, 0.15) is 11.3 Å². The molecule has 0 atom stereocenters. The number of amides is 2. The molecule has 0 spiro atoms. The van der Waals surface area contributed by atoms with E-state index >= 15 is 0 Å². The van der Waals surface area contributed by atoms with Gasteiger partial charge in [0.2, 0.25) is 5.91 Å². The second kappa shape index (κ2) is 8.92. The van der Waals surface area contributed by atoms with Crippen molar-refractivity contribution in [2.75, 3.05) is 13.7 Å². The molecule has 0 aliphatic heterocycles. The summed E-state index contributed by atoms with van der Waals surface area (Å²) >= 11 is 0. The zero-order chi connectivity index (χ0) is 18.1. The molecule has 3 N–H and O–H groups in total. The summed E-state index contributed by atoms with van der Waals surface area (Å²) in [5.41, 5.74) is 2.90. The van der Waals surface area contributed by atoms with Crippen molar-refractivity contribution in [1.29, 1.82) is 0 Å². The minimum absolute atomic E-state index is 0.00833. The summed E-state index contributed by atoms with van der Waals surface area (Å²) in [5, 5.41) is 15.7. The van der Waals surface area contributed by atoms with Crippen LogP contribution in [0.3, 0.4) is 0 Å². The minimum atomic E-state index is -0.484. The molecule has 1 aromatic heterocycles. The Hall–Kier alpha value is -3.55. The molecule has 0 saturated heterocycles. The van der Waals surface area contributed by atoms with Crippen LogP contribution in [0.25, 0.3) is 6.08 Å². The van der Waals surface area contributed by atoms with Gasteiger partial charge < -0.3 is 19.6 Å². The first-order valence-electron chi connectivity index (χ1n) is 7.27. The summed E-state index contributed by atoms with van der Waals surface area (Å²) in [4.78, 5) is 23.1. The molecule has 0 fully saturated rings. The summed E-state index contributed by atoms with van der Waals surface area (Å²) in [6.45, 7) is -0.225. The number of hydrogen-bond donors (Lipinski definition) is 3. The van der Waals surface area contributed by atoms with Gasteiger partial charge in [0.1, 0.15) is 5.76 Å². The van der Waals surface area contributed by atoms with Gasteiger partial charge in [-0.25, -0.2) is 5.43 Å². The average Bonchev–Trinajstić information content (AvgIpc) is 3.13. The quantitative estimate of drug-likeness (QED) is 0.398. The normalized spacial score (nSPS) is 10.9. The summed E-state index contributed by atoms with van der Waals surface area (Å²) in [6.07, 6.45) is 5.63. The van der Waals surface area contributed by atoms with E-state index in [1.165, 1.54) is 37.8 Å². The van der Waals surface area contributed by atoms with E-state index in [-0.39, 0.29) is 12.3 Å². The number of nitrogens with one attached hydrogen (secondary N) is 2. The molecule has 0 aliphatic rings. The highest BCUT2D eigenvalue weighted by molar-refractivity contribution is 5.94. The Morgan fingerprint density at radius 3 is 2.92 bits per heavy atom. The molecular formula is C17H17N3O5. The fraction of sp³-hybridized carbons (Fsp3) is 0.118. The molecule has 8 heteroatoms. The van der Waals surface area contributed by atoms with Crippen LogP contribution < -0.4 is 15.5 Å². The molecule has 130 valence electrons. The van der Waals surface area contributed by atoms with Crippen molar-refractivity contribution in [3.05, 3.63) is 54.0 Å². The van der Waals surface area contributed by atoms with E-state index in [0.717, 1.165) is 0 Å². The van der Waals surface area contributed by atoms with Gasteiger partial charge in [0.05, 0.1) is 26.1 Å². The predicted octanol–water partition coefficient (Wildman–Crippen LogP) is 1.27. The first kappa shape index (κ1) is 17.8. The maximum atomic E-state index is 11.6. The highest BCUT2D eigenvalue weighted by Gasteiger charge is 2.03. The van der Waals surface area contributed by atoms with E-state index < -0.39 is 11.8 Å². The molecule has 0 aliphatic carbocycles. The second-order valence-corrected chi connectivity index (χ2v) is 4.79. The van der Waals surface area contributed by atoms with Crippen molar-refractivity contribution in [2.24, 2.45) is 5.10 Å². The Morgan fingerprint density at radius 2 is 2.20 bits per heavy atom. The number of aromatic hydroxyl groups is 1. The number of hydrazone groups is 1. The molecule has 2 rings (SSSR count). The Kier molecular flexibility index (Phi) is 6.35. The molecule has 8 nitrogen and oxygen atoms in total. The first-order chi connectivity index (χ1) is 12.1. The molecule has 2 aromatic rings. The third kappa shape index (κ3) is 5.87. The summed E-state index contributed by atoms with van der Waals surface area (Å²) in [7, 11) is 1.43. The molecule has 0 unspecified atom stereocenters. The number of furan rings is 1. The standard InChI is InChI=1S/C17H17N3O5/c1-24-15-9-12(4-6-14(15)21)10-19-20-17(23)11-18-16(22)7-5-13-3-2-8-25-13/h2-10,21H,11H2,1H3,(H,18,22)(H,20,23)/b7-5+,19-10-. The number of phenolic OH excluding ortho intramolecular Hbond substituents is 1. The largest absolute Gasteiger partial charge is 0.504 e. The lowest BCUT2D eigenvalue weighted by molar-refractivity contribution is -0.123. The van der Waals surface area contributed by atoms with Crippen molar-refractivity contribution in [1.82, 2.24) is 10.7 Å². The van der Waals surface area contributed by atoms with Crippen LogP contribution in [-0.2, 0) is 9.59 Å². The molecule has 0 bridgehead atoms. The zero-order valence-electron chi connectivity index (χ0n) is 13.4. The van der Waals surface area contributed by atoms with Crippen molar-refractivity contribution in [2.45, 2.75) is 0 Å². The Labute approximate surface area is 143 Å². The van der Waals surface area contributed by atoms with Crippen LogP contribution in [0.5, 0.6) is 11.5 Å². The van der Waals surface area contributed by atoms with Gasteiger partial charge in [-0.3, -0.25) is 9.59 Å². The highest BCUT2D eigenvalue weighted by atomic mass is 16.5. The van der Waals surface area contributed by atoms with E-state index in [0.29, 0.717) is 17.1 Å². The van der Waals surface area contributed by atoms with E-state index in [1.54, 1.807) is 24.3 Å². The Balaban J connectivity index is 1.75. The number of benzene rings is 1. The SMILES string of the molecule is COc1cc(/C=N\NC(=O)CNC(=O)/C=C/c2ccco2)ccc1O. The maximum Gasteiger partial charge on any atom is 0.259 e. The monoisotopic (exact) mass is 343 g/mol. The van der Waals surface area contributed by atoms with Gasteiger partial charge >= 0.3 is 0 Å². The number of methoxy groups -OCH3 is 1. The van der Waals surface area contributed by atoms with Crippen LogP contribution in [0.2, 0.25) is 0 Å². The Morgan fingerprint density at radius 1 is 1.36 bits per heavy atom. The van der Waals surface area contributed by atoms with Crippen molar-refractivity contribution >= 4 is 24.1 Å². The number of phenols is 1. The smallest absolute Gasteiger partial charge is 0.259 e. The third-order valence-electron chi connectivity index (χ3n) is 2.97. The van der Waals surface area contributed by atoms with Gasteiger partial charge in [-0.15, -0.1) is 0 Å². The van der Waals surface area contributed by atoms with E-state index in [2.05, 4.69) is 15.8 Å². The number of hydrogen-bond acceptors (Lipinski definition) is 6. The van der Waals surface area contributed by atoms with Crippen molar-refractivity contribution < 1.29 is 23.8 Å². The first-order valence-corrected chi connectivity index (χ1v) is 7.27. The number of carbonyl (C=O) groups is 2. The third-order valence-corrected chi connectivity index (χ3v) is 2.97. The molecule has 1 aromatic carbocycles. The lowest BCUT2D eigenvalue weighted by atomic mass is 10.2. The van der Waals surface area contributed by atoms with Crippen LogP contribution >= 0.6 is 0 Å². The summed E-state index contributed by atoms with van der Waals surface area (Å²) in [5.74, 6) is -0.0750. The van der Waals surface area contributed by atoms with Crippen LogP contribution in [-0.4, -0.2) is 36.8 Å². The summed E-state index contributed by atoms with van der Waals surface area (Å²) < 4.78 is 10.0. The van der Waals surface area contributed by atoms with Crippen molar-refractivity contribution in [3.8, 4) is 11.5 Å². The summed E-state index contributed by atoms with van der Waals surface area (Å²) in [6, 6.07) is 8.02. The fourth-order valence-corrected chi connectivity index (χ4v) is 1.76. The van der Waals surface area contributed by atoms with E-state index in [1.807, 2.05) is 0 Å². The lowest BCUT2D eigenvalue weighted by Gasteiger charge is -2.03. The van der Waals surface area contributed by atoms with Gasteiger partial charge in [-0.1, -0.05) is 0 Å². The number of ether oxygens (including phenoxy) is 1. The minimum Gasteiger partial charge on any atom is -0.504 e. The van der Waals surface area contributed by atoms with Gasteiger partial charge in [0.15, 0.2) is 11.5 Å². The Bertz CT molecular complexity index is 782. The highest BCUT2D eigenvalue weighted by Crippen LogP contribution is 2.25. The van der Waals surface area contributed by atoms with E-state index in [4.69, 9.17) is 9.15 Å². The van der Waals surface area contributed by atoms with Gasteiger partial charge in [-0.05, 0) is 42.0 Å². The topological polar surface area (TPSA) is 113 Å². The van der Waals surface area contributed by atoms with Crippen LogP contribution in [0, 0.1) is 0 Å². The second-order valence-electron chi connectivity index (χ2n) is 4.79. The number of carbonyl (C=O) groups excluding carboxylic acids is 2. The van der Waals surface area contributed by atoms with Crippen molar-refractivity contribution in [3.63, 3.8) is 0 Å². The van der Waals surface area contributed by atoms with Gasteiger partial charge in [-0.2, -0.15) is 5.10 Å². The van der Waals surface area contributed by atoms with E-state index in [9.17, 15) is 14.7 Å². The van der Waals surface area contributed by atoms with Gasteiger partial charge in [0, 0.05) is 6.08 Å². The zero-order valence-corrected chi connectivity index (χ0v) is 13.4. The molecular weight excluding hydrogens is 326 g/mol. The molecule has 25 heavy (non-hydrogen) atoms. The van der Waals surface area contributed by atoms with Crippen LogP contribution in [0.15, 0.2) is 52.2 Å². The lowest BCUT2D eigenvalue weighted by Crippen LogP contribution is -2.34. The molecule has 1 heterocycles. The number of nitrogens with zero attached hydrogens (tertiary/aromatic N) is 1. The fourth-order valence-electron chi connectivity index (χ4n) is 1.76. The molecule has 0 radical (unpaired) electrons. The molecule has 2 amide bonds. The maximum absolute atomic E-state index is 11.6. The molecule has 0 saturated carbocycles. The van der Waals surface area contributed by atoms with Gasteiger partial charge in [0.25, 0.3) is 5.91 Å². The average molecular weight is 343 g/mol. The predicted molar refractivity (Wildman–Crippen MR) is 91.1 cm³/mol. The number of rotatable bonds is 7. The van der Waals surface area contributed by atoms with Crippen LogP contribution in [0.4, 0.5) is 0 Å².